The highest BCUT2D eigenvalue weighted by molar-refractivity contribution is 7.89. The van der Waals surface area contributed by atoms with Crippen LogP contribution in [0.15, 0.2) is 23.2 Å². The molecule has 0 aliphatic carbocycles. The van der Waals surface area contributed by atoms with Crippen LogP contribution in [0.5, 0.6) is 0 Å². The smallest absolute Gasteiger partial charge is 0.309 e. The van der Waals surface area contributed by atoms with Crippen molar-refractivity contribution in [2.24, 2.45) is 0 Å². The van der Waals surface area contributed by atoms with Gasteiger partial charge < -0.3 is 9.80 Å². The molecule has 0 aromatic rings. The van der Waals surface area contributed by atoms with Crippen molar-refractivity contribution in [3.63, 3.8) is 0 Å². The van der Waals surface area contributed by atoms with Gasteiger partial charge in [0.1, 0.15) is 0 Å². The van der Waals surface area contributed by atoms with E-state index in [0.717, 1.165) is 0 Å². The van der Waals surface area contributed by atoms with Gasteiger partial charge in [0.15, 0.2) is 10.1 Å². The highest BCUT2D eigenvalue weighted by Crippen LogP contribution is 2.16. The van der Waals surface area contributed by atoms with E-state index in [1.165, 1.54) is 9.80 Å². The van der Waals surface area contributed by atoms with Gasteiger partial charge in [0.05, 0.1) is 0 Å². The maximum atomic E-state index is 10.9. The zero-order chi connectivity index (χ0) is 14.1. The summed E-state index contributed by atoms with van der Waals surface area (Å²) in [5.74, 6) is 0. The van der Waals surface area contributed by atoms with Crippen LogP contribution >= 0.6 is 0 Å². The second-order valence-corrected chi connectivity index (χ2v) is 6.55. The average Bonchev–Trinajstić information content (AvgIpc) is 2.25. The minimum absolute atomic E-state index is 0.146. The Hall–Kier alpha value is -1.10. The van der Waals surface area contributed by atoms with Gasteiger partial charge in [0, 0.05) is 26.2 Å². The Balaban J connectivity index is 2.68. The average molecular weight is 298 g/mol. The van der Waals surface area contributed by atoms with Crippen LogP contribution in [0, 0.1) is 0 Å². The Morgan fingerprint density at radius 1 is 0.778 bits per heavy atom. The number of piperazine rings is 1. The van der Waals surface area contributed by atoms with Gasteiger partial charge in [-0.25, -0.2) is 0 Å². The molecule has 0 radical (unpaired) electrons. The fourth-order valence-corrected chi connectivity index (χ4v) is 2.55. The molecule has 1 heterocycles. The van der Waals surface area contributed by atoms with Crippen molar-refractivity contribution in [3.05, 3.63) is 23.2 Å². The zero-order valence-corrected chi connectivity index (χ0v) is 11.1. The third-order valence-corrected chi connectivity index (χ3v) is 4.29. The monoisotopic (exact) mass is 298 g/mol. The molecule has 0 saturated carbocycles. The molecular formula is C8H14N2O6S2. The van der Waals surface area contributed by atoms with Gasteiger partial charge >= 0.3 is 20.2 Å². The molecule has 0 bridgehead atoms. The minimum atomic E-state index is -4.35. The summed E-state index contributed by atoms with van der Waals surface area (Å²) >= 11 is 0. The second-order valence-electron chi connectivity index (χ2n) is 3.71. The zero-order valence-electron chi connectivity index (χ0n) is 9.48. The Labute approximate surface area is 106 Å². The molecule has 1 rings (SSSR count). The van der Waals surface area contributed by atoms with Crippen LogP contribution in [0.4, 0.5) is 0 Å². The summed E-state index contributed by atoms with van der Waals surface area (Å²) in [6.45, 7) is 7.08. The molecule has 0 atom stereocenters. The van der Waals surface area contributed by atoms with Crippen molar-refractivity contribution >= 4 is 20.2 Å². The molecule has 0 amide bonds. The molecule has 1 aliphatic rings. The summed E-state index contributed by atoms with van der Waals surface area (Å²) in [5.41, 5.74) is 0. The van der Waals surface area contributed by atoms with Crippen molar-refractivity contribution in [3.8, 4) is 0 Å². The molecule has 0 unspecified atom stereocenters. The third kappa shape index (κ3) is 3.45. The number of rotatable bonds is 4. The van der Waals surface area contributed by atoms with Crippen molar-refractivity contribution in [2.45, 2.75) is 0 Å². The van der Waals surface area contributed by atoms with E-state index in [1.54, 1.807) is 0 Å². The fourth-order valence-electron chi connectivity index (χ4n) is 1.53. The van der Waals surface area contributed by atoms with Gasteiger partial charge in [-0.3, -0.25) is 9.11 Å². The largest absolute Gasteiger partial charge is 0.357 e. The Morgan fingerprint density at radius 2 is 1.00 bits per heavy atom. The molecule has 0 aromatic carbocycles. The molecule has 0 aromatic heterocycles. The molecule has 1 saturated heterocycles. The van der Waals surface area contributed by atoms with Crippen LogP contribution in [0.3, 0.4) is 0 Å². The highest BCUT2D eigenvalue weighted by atomic mass is 32.2. The topological polar surface area (TPSA) is 115 Å². The summed E-state index contributed by atoms with van der Waals surface area (Å²) in [6.07, 6.45) is 0. The van der Waals surface area contributed by atoms with E-state index in [1.807, 2.05) is 0 Å². The normalized spacial score (nSPS) is 17.7. The van der Waals surface area contributed by atoms with Crippen molar-refractivity contribution in [2.75, 3.05) is 26.2 Å². The first kappa shape index (κ1) is 15.0. The molecule has 104 valence electrons. The van der Waals surface area contributed by atoms with Crippen LogP contribution < -0.4 is 0 Å². The Morgan fingerprint density at radius 3 is 1.17 bits per heavy atom. The molecule has 0 spiro atoms. The van der Waals surface area contributed by atoms with Crippen molar-refractivity contribution in [1.82, 2.24) is 9.80 Å². The van der Waals surface area contributed by atoms with Gasteiger partial charge in [-0.05, 0) is 0 Å². The van der Waals surface area contributed by atoms with Gasteiger partial charge in [0.25, 0.3) is 0 Å². The van der Waals surface area contributed by atoms with Gasteiger partial charge in [-0.2, -0.15) is 16.8 Å². The third-order valence-electron chi connectivity index (χ3n) is 2.58. The number of hydrogen-bond acceptors (Lipinski definition) is 6. The SMILES string of the molecule is C=C(N1CCN(C(=C)S(=O)(=O)O)CC1)S(=O)(=O)O. The van der Waals surface area contributed by atoms with E-state index in [4.69, 9.17) is 9.11 Å². The second kappa shape index (κ2) is 4.88. The summed E-state index contributed by atoms with van der Waals surface area (Å²) in [7, 11) is -8.69. The van der Waals surface area contributed by atoms with E-state index < -0.39 is 30.3 Å². The first-order valence-electron chi connectivity index (χ1n) is 4.86. The lowest BCUT2D eigenvalue weighted by Crippen LogP contribution is -2.46. The van der Waals surface area contributed by atoms with Crippen LogP contribution in [-0.2, 0) is 20.2 Å². The van der Waals surface area contributed by atoms with Crippen LogP contribution in [-0.4, -0.2) is 61.9 Å². The van der Waals surface area contributed by atoms with E-state index in [-0.39, 0.29) is 26.2 Å². The lowest BCUT2D eigenvalue weighted by Gasteiger charge is -2.36. The van der Waals surface area contributed by atoms with E-state index >= 15 is 0 Å². The van der Waals surface area contributed by atoms with Crippen molar-refractivity contribution < 1.29 is 25.9 Å². The molecule has 1 fully saturated rings. The molecule has 1 aliphatic heterocycles. The van der Waals surface area contributed by atoms with Crippen LogP contribution in [0.25, 0.3) is 0 Å². The summed E-state index contributed by atoms with van der Waals surface area (Å²) in [4.78, 5) is 2.62. The first-order valence-corrected chi connectivity index (χ1v) is 7.74. The first-order chi connectivity index (χ1) is 8.03. The molecule has 8 nitrogen and oxygen atoms in total. The summed E-state index contributed by atoms with van der Waals surface area (Å²) < 4.78 is 61.0. The van der Waals surface area contributed by atoms with Gasteiger partial charge in [-0.15, -0.1) is 0 Å². The van der Waals surface area contributed by atoms with E-state index in [0.29, 0.717) is 0 Å². The maximum absolute atomic E-state index is 10.9. The van der Waals surface area contributed by atoms with Gasteiger partial charge in [0.2, 0.25) is 0 Å². The standard InChI is InChI=1S/C8H14N2O6S2/c1-7(17(11,12)13)9-3-5-10(6-4-9)8(2)18(14,15)16/h1-6H2,(H,11,12,13)(H,14,15,16). The number of nitrogens with zero attached hydrogens (tertiary/aromatic N) is 2. The summed E-state index contributed by atoms with van der Waals surface area (Å²) in [5, 5.41) is -0.862. The highest BCUT2D eigenvalue weighted by Gasteiger charge is 2.27. The molecule has 2 N–H and O–H groups in total. The quantitative estimate of drug-likeness (QED) is 0.656. The summed E-state index contributed by atoms with van der Waals surface area (Å²) in [6, 6.07) is 0. The molecular weight excluding hydrogens is 284 g/mol. The fraction of sp³-hybridized carbons (Fsp3) is 0.500. The lowest BCUT2D eigenvalue weighted by atomic mass is 10.3. The predicted molar refractivity (Wildman–Crippen MR) is 64.5 cm³/mol. The van der Waals surface area contributed by atoms with Crippen LogP contribution in [0.1, 0.15) is 0 Å². The molecule has 18 heavy (non-hydrogen) atoms. The number of hydrogen-bond donors (Lipinski definition) is 2. The van der Waals surface area contributed by atoms with Crippen LogP contribution in [0.2, 0.25) is 0 Å². The Bertz CT molecular complexity index is 504. The molecule has 10 heteroatoms. The Kier molecular flexibility index (Phi) is 4.05. The lowest BCUT2D eigenvalue weighted by molar-refractivity contribution is 0.204. The van der Waals surface area contributed by atoms with Gasteiger partial charge in [-0.1, -0.05) is 13.2 Å². The maximum Gasteiger partial charge on any atom is 0.309 e. The van der Waals surface area contributed by atoms with E-state index in [2.05, 4.69) is 13.2 Å². The predicted octanol–water partition coefficient (Wildman–Crippen LogP) is -0.678. The van der Waals surface area contributed by atoms with Crippen molar-refractivity contribution in [1.29, 1.82) is 0 Å². The van der Waals surface area contributed by atoms with E-state index in [9.17, 15) is 16.8 Å². The minimum Gasteiger partial charge on any atom is -0.357 e.